The van der Waals surface area contributed by atoms with Gasteiger partial charge in [0.1, 0.15) is 5.69 Å². The Morgan fingerprint density at radius 3 is 3.05 bits per heavy atom. The van der Waals surface area contributed by atoms with Gasteiger partial charge in [-0.05, 0) is 31.5 Å². The second-order valence-corrected chi connectivity index (χ2v) is 6.70. The summed E-state index contributed by atoms with van der Waals surface area (Å²) in [4.78, 5) is 19.9. The Bertz CT molecular complexity index is 635. The summed E-state index contributed by atoms with van der Waals surface area (Å²) >= 11 is 1.71. The average molecular weight is 318 g/mol. The van der Waals surface area contributed by atoms with Gasteiger partial charge >= 0.3 is 0 Å². The summed E-state index contributed by atoms with van der Waals surface area (Å²) in [7, 11) is 3.66. The van der Waals surface area contributed by atoms with Crippen molar-refractivity contribution in [1.82, 2.24) is 19.8 Å². The van der Waals surface area contributed by atoms with Crippen LogP contribution in [-0.2, 0) is 13.6 Å². The van der Waals surface area contributed by atoms with E-state index in [2.05, 4.69) is 21.3 Å². The molecule has 0 saturated carbocycles. The summed E-state index contributed by atoms with van der Waals surface area (Å²) in [6, 6.07) is 4.40. The quantitative estimate of drug-likeness (QED) is 0.942. The van der Waals surface area contributed by atoms with Crippen molar-refractivity contribution in [3.05, 3.63) is 40.1 Å². The lowest BCUT2D eigenvalue weighted by Crippen LogP contribution is -2.34. The molecule has 0 spiro atoms. The van der Waals surface area contributed by atoms with Gasteiger partial charge in [-0.1, -0.05) is 6.42 Å². The molecule has 5 nitrogen and oxygen atoms in total. The third-order valence-electron chi connectivity index (χ3n) is 4.42. The topological polar surface area (TPSA) is 50.2 Å². The molecule has 1 unspecified atom stereocenters. The molecule has 2 aromatic rings. The van der Waals surface area contributed by atoms with Crippen molar-refractivity contribution in [2.45, 2.75) is 31.8 Å². The summed E-state index contributed by atoms with van der Waals surface area (Å²) in [6.45, 7) is 2.04. The number of amides is 1. The Labute approximate surface area is 135 Å². The minimum atomic E-state index is -0.0291. The van der Waals surface area contributed by atoms with E-state index in [1.807, 2.05) is 29.4 Å². The molecule has 2 aromatic heterocycles. The van der Waals surface area contributed by atoms with Crippen LogP contribution < -0.4 is 5.32 Å². The highest BCUT2D eigenvalue weighted by atomic mass is 32.1. The van der Waals surface area contributed by atoms with Gasteiger partial charge in [-0.15, -0.1) is 11.3 Å². The van der Waals surface area contributed by atoms with Crippen molar-refractivity contribution in [3.8, 4) is 0 Å². The monoisotopic (exact) mass is 318 g/mol. The van der Waals surface area contributed by atoms with Crippen molar-refractivity contribution in [3.63, 3.8) is 0 Å². The normalized spacial score (nSPS) is 19.3. The molecule has 1 N–H and O–H groups in total. The number of hydrogen-bond acceptors (Lipinski definition) is 4. The third kappa shape index (κ3) is 2.94. The highest BCUT2D eigenvalue weighted by molar-refractivity contribution is 7.09. The van der Waals surface area contributed by atoms with Crippen molar-refractivity contribution in [1.29, 1.82) is 0 Å². The molecular weight excluding hydrogens is 296 g/mol. The average Bonchev–Trinajstić information content (AvgIpc) is 3.17. The number of hydrogen-bond donors (Lipinski definition) is 1. The Hall–Kier alpha value is -1.66. The molecule has 3 heterocycles. The van der Waals surface area contributed by atoms with Crippen LogP contribution in [0.1, 0.15) is 46.4 Å². The molecule has 1 fully saturated rings. The number of aromatic nitrogens is 2. The van der Waals surface area contributed by atoms with E-state index >= 15 is 0 Å². The minimum Gasteiger partial charge on any atom is -0.354 e. The zero-order valence-corrected chi connectivity index (χ0v) is 13.9. The van der Waals surface area contributed by atoms with Crippen LogP contribution in [0.4, 0.5) is 0 Å². The van der Waals surface area contributed by atoms with E-state index in [4.69, 9.17) is 0 Å². The number of piperidine rings is 1. The predicted octanol–water partition coefficient (Wildman–Crippen LogP) is 2.57. The minimum absolute atomic E-state index is 0.0291. The van der Waals surface area contributed by atoms with Crippen LogP contribution in [0.15, 0.2) is 23.8 Å². The molecule has 0 aliphatic carbocycles. The van der Waals surface area contributed by atoms with Crippen molar-refractivity contribution in [2.24, 2.45) is 7.05 Å². The largest absolute Gasteiger partial charge is 0.354 e. The first-order valence-corrected chi connectivity index (χ1v) is 8.57. The molecular formula is C16H22N4OS. The first-order chi connectivity index (χ1) is 10.7. The van der Waals surface area contributed by atoms with E-state index in [9.17, 15) is 4.79 Å². The molecule has 1 aliphatic heterocycles. The molecule has 0 bridgehead atoms. The van der Waals surface area contributed by atoms with Gasteiger partial charge in [-0.2, -0.15) is 0 Å². The first kappa shape index (κ1) is 15.2. The summed E-state index contributed by atoms with van der Waals surface area (Å²) < 4.78 is 2.04. The number of carbonyl (C=O) groups excluding carboxylic acids is 1. The van der Waals surface area contributed by atoms with Gasteiger partial charge in [0.2, 0.25) is 0 Å². The number of carbonyl (C=O) groups is 1. The van der Waals surface area contributed by atoms with Crippen LogP contribution in [0.3, 0.4) is 0 Å². The van der Waals surface area contributed by atoms with Gasteiger partial charge in [0, 0.05) is 37.4 Å². The van der Waals surface area contributed by atoms with Crippen molar-refractivity contribution >= 4 is 17.2 Å². The standard InChI is InChI=1S/C16H22N4OS/c1-17-16(21)15-7-6-13(19(15)2)14-5-3-4-8-20(14)10-12-9-18-11-22-12/h6-7,9,11,14H,3-5,8,10H2,1-2H3,(H,17,21). The van der Waals surface area contributed by atoms with Gasteiger partial charge in [0.25, 0.3) is 5.91 Å². The summed E-state index contributed by atoms with van der Waals surface area (Å²) in [5, 5.41) is 2.71. The molecule has 1 atom stereocenters. The Morgan fingerprint density at radius 1 is 1.45 bits per heavy atom. The molecule has 3 rings (SSSR count). The maximum absolute atomic E-state index is 11.9. The fourth-order valence-electron chi connectivity index (χ4n) is 3.25. The predicted molar refractivity (Wildman–Crippen MR) is 87.9 cm³/mol. The molecule has 1 saturated heterocycles. The molecule has 118 valence electrons. The number of nitrogens with one attached hydrogen (secondary N) is 1. The summed E-state index contributed by atoms with van der Waals surface area (Å²) in [5.74, 6) is -0.0291. The van der Waals surface area contributed by atoms with E-state index in [0.29, 0.717) is 6.04 Å². The summed E-state index contributed by atoms with van der Waals surface area (Å²) in [6.07, 6.45) is 5.58. The number of rotatable bonds is 4. The molecule has 6 heteroatoms. The number of thiazole rings is 1. The van der Waals surface area contributed by atoms with E-state index in [1.165, 1.54) is 23.4 Å². The lowest BCUT2D eigenvalue weighted by atomic mass is 9.99. The SMILES string of the molecule is CNC(=O)c1ccc(C2CCCCN2Cc2cncs2)n1C. The van der Waals surface area contributed by atoms with E-state index < -0.39 is 0 Å². The Morgan fingerprint density at radius 2 is 2.32 bits per heavy atom. The van der Waals surface area contributed by atoms with Gasteiger partial charge in [0.15, 0.2) is 0 Å². The smallest absolute Gasteiger partial charge is 0.267 e. The summed E-state index contributed by atoms with van der Waals surface area (Å²) in [5.41, 5.74) is 3.84. The highest BCUT2D eigenvalue weighted by Crippen LogP contribution is 2.33. The zero-order valence-electron chi connectivity index (χ0n) is 13.1. The van der Waals surface area contributed by atoms with E-state index in [1.54, 1.807) is 18.4 Å². The zero-order chi connectivity index (χ0) is 15.5. The lowest BCUT2D eigenvalue weighted by Gasteiger charge is -2.35. The number of likely N-dealkylation sites (tertiary alicyclic amines) is 1. The van der Waals surface area contributed by atoms with Crippen LogP contribution in [0.25, 0.3) is 0 Å². The van der Waals surface area contributed by atoms with Crippen molar-refractivity contribution < 1.29 is 4.79 Å². The Balaban J connectivity index is 1.84. The van der Waals surface area contributed by atoms with Crippen LogP contribution in [0, 0.1) is 0 Å². The molecule has 1 aliphatic rings. The first-order valence-electron chi connectivity index (χ1n) is 7.70. The number of nitrogens with zero attached hydrogens (tertiary/aromatic N) is 3. The molecule has 1 amide bonds. The van der Waals surface area contributed by atoms with Gasteiger partial charge < -0.3 is 9.88 Å². The maximum Gasteiger partial charge on any atom is 0.267 e. The molecule has 0 radical (unpaired) electrons. The fraction of sp³-hybridized carbons (Fsp3) is 0.500. The second-order valence-electron chi connectivity index (χ2n) is 5.73. The lowest BCUT2D eigenvalue weighted by molar-refractivity contribution is 0.0952. The maximum atomic E-state index is 11.9. The Kier molecular flexibility index (Phi) is 4.59. The van der Waals surface area contributed by atoms with Crippen LogP contribution in [0.5, 0.6) is 0 Å². The third-order valence-corrected chi connectivity index (χ3v) is 5.18. The molecule has 22 heavy (non-hydrogen) atoms. The fourth-order valence-corrected chi connectivity index (χ4v) is 3.87. The van der Waals surface area contributed by atoms with Crippen molar-refractivity contribution in [2.75, 3.05) is 13.6 Å². The second kappa shape index (κ2) is 6.62. The van der Waals surface area contributed by atoms with Gasteiger partial charge in [-0.25, -0.2) is 0 Å². The van der Waals surface area contributed by atoms with Gasteiger partial charge in [-0.3, -0.25) is 14.7 Å². The van der Waals surface area contributed by atoms with E-state index in [0.717, 1.165) is 25.2 Å². The van der Waals surface area contributed by atoms with Crippen LogP contribution >= 0.6 is 11.3 Å². The van der Waals surface area contributed by atoms with Crippen LogP contribution in [-0.4, -0.2) is 34.0 Å². The molecule has 0 aromatic carbocycles. The van der Waals surface area contributed by atoms with E-state index in [-0.39, 0.29) is 5.91 Å². The highest BCUT2D eigenvalue weighted by Gasteiger charge is 2.27. The van der Waals surface area contributed by atoms with Crippen LogP contribution in [0.2, 0.25) is 0 Å². The van der Waals surface area contributed by atoms with Gasteiger partial charge in [0.05, 0.1) is 11.6 Å².